The molecule has 2 aromatic rings. The summed E-state index contributed by atoms with van der Waals surface area (Å²) in [7, 11) is 5.92. The first kappa shape index (κ1) is 24.3. The second-order valence-electron chi connectivity index (χ2n) is 6.61. The van der Waals surface area contributed by atoms with Crippen LogP contribution in [0.25, 0.3) is 6.08 Å². The number of nitrogens with one attached hydrogen (secondary N) is 1. The quantitative estimate of drug-likeness (QED) is 0.550. The lowest BCUT2D eigenvalue weighted by Gasteiger charge is -2.13. The third-order valence-corrected chi connectivity index (χ3v) is 5.84. The number of halogens is 1. The number of benzene rings is 2. The van der Waals surface area contributed by atoms with Crippen LogP contribution in [0.3, 0.4) is 0 Å². The van der Waals surface area contributed by atoms with Gasteiger partial charge >= 0.3 is 0 Å². The smallest absolute Gasteiger partial charge is 0.294 e. The van der Waals surface area contributed by atoms with Gasteiger partial charge in [-0.05, 0) is 42.1 Å². The molecule has 9 nitrogen and oxygen atoms in total. The van der Waals surface area contributed by atoms with Crippen LogP contribution in [0, 0.1) is 0 Å². The van der Waals surface area contributed by atoms with Crippen molar-refractivity contribution in [3.63, 3.8) is 0 Å². The molecule has 174 valence electrons. The zero-order chi connectivity index (χ0) is 24.1. The molecule has 2 aromatic carbocycles. The van der Waals surface area contributed by atoms with Gasteiger partial charge in [0.1, 0.15) is 18.0 Å². The Kier molecular flexibility index (Phi) is 7.72. The van der Waals surface area contributed by atoms with Crippen LogP contribution >= 0.6 is 23.4 Å². The highest BCUT2D eigenvalue weighted by Crippen LogP contribution is 2.39. The average molecular weight is 493 g/mol. The summed E-state index contributed by atoms with van der Waals surface area (Å²) in [5.41, 5.74) is 0.918. The fourth-order valence-electron chi connectivity index (χ4n) is 3.03. The van der Waals surface area contributed by atoms with E-state index in [0.717, 1.165) is 16.7 Å². The predicted molar refractivity (Wildman–Crippen MR) is 125 cm³/mol. The molecule has 0 unspecified atom stereocenters. The van der Waals surface area contributed by atoms with Gasteiger partial charge in [0.2, 0.25) is 5.91 Å². The molecular formula is C22H21ClN2O7S. The predicted octanol–water partition coefficient (Wildman–Crippen LogP) is 4.05. The lowest BCUT2D eigenvalue weighted by molar-refractivity contribution is -0.127. The standard InChI is InChI=1S/C22H21ClN2O7S/c1-29-15-6-5-13(9-14(15)23)24-20(26)11-25-21(27)19(33-22(25)28)8-12-7-17(31-3)18(32-4)10-16(12)30-2/h5-10H,11H2,1-4H3,(H,24,26). The minimum Gasteiger partial charge on any atom is -0.496 e. The van der Waals surface area contributed by atoms with E-state index >= 15 is 0 Å². The van der Waals surface area contributed by atoms with E-state index in [0.29, 0.717) is 39.3 Å². The molecule has 33 heavy (non-hydrogen) atoms. The number of amides is 3. The number of carbonyl (C=O) groups excluding carboxylic acids is 3. The first-order valence-corrected chi connectivity index (χ1v) is 10.7. The number of thioether (sulfide) groups is 1. The maximum absolute atomic E-state index is 12.8. The van der Waals surface area contributed by atoms with Gasteiger partial charge in [-0.1, -0.05) is 11.6 Å². The molecule has 0 spiro atoms. The van der Waals surface area contributed by atoms with Gasteiger partial charge in [0.15, 0.2) is 11.5 Å². The molecule has 3 amide bonds. The molecule has 3 rings (SSSR count). The van der Waals surface area contributed by atoms with Gasteiger partial charge in [-0.2, -0.15) is 0 Å². The zero-order valence-electron chi connectivity index (χ0n) is 18.3. The number of nitrogens with zero attached hydrogens (tertiary/aromatic N) is 1. The number of hydrogen-bond donors (Lipinski definition) is 1. The molecule has 11 heteroatoms. The van der Waals surface area contributed by atoms with Crippen molar-refractivity contribution in [2.24, 2.45) is 0 Å². The maximum Gasteiger partial charge on any atom is 0.294 e. The molecular weight excluding hydrogens is 472 g/mol. The second kappa shape index (κ2) is 10.5. The van der Waals surface area contributed by atoms with Gasteiger partial charge in [-0.25, -0.2) is 0 Å². The molecule has 0 radical (unpaired) electrons. The zero-order valence-corrected chi connectivity index (χ0v) is 19.8. The first-order chi connectivity index (χ1) is 15.8. The Balaban J connectivity index is 1.77. The molecule has 0 aliphatic carbocycles. The van der Waals surface area contributed by atoms with Crippen LogP contribution in [0.15, 0.2) is 35.2 Å². The van der Waals surface area contributed by atoms with Gasteiger partial charge in [0.05, 0.1) is 38.4 Å². The molecule has 1 saturated heterocycles. The fourth-order valence-corrected chi connectivity index (χ4v) is 4.12. The number of anilines is 1. The maximum atomic E-state index is 12.8. The Hall–Kier alpha value is -3.37. The van der Waals surface area contributed by atoms with Crippen LogP contribution in [0.5, 0.6) is 23.0 Å². The third kappa shape index (κ3) is 5.35. The monoisotopic (exact) mass is 492 g/mol. The van der Waals surface area contributed by atoms with E-state index in [2.05, 4.69) is 5.32 Å². The van der Waals surface area contributed by atoms with Crippen molar-refractivity contribution < 1.29 is 33.3 Å². The summed E-state index contributed by atoms with van der Waals surface area (Å²) in [6.07, 6.45) is 1.51. The van der Waals surface area contributed by atoms with Gasteiger partial charge in [-0.3, -0.25) is 19.3 Å². The largest absolute Gasteiger partial charge is 0.496 e. The fraction of sp³-hybridized carbons (Fsp3) is 0.227. The van der Waals surface area contributed by atoms with E-state index in [9.17, 15) is 14.4 Å². The van der Waals surface area contributed by atoms with Crippen molar-refractivity contribution in [2.45, 2.75) is 0 Å². The van der Waals surface area contributed by atoms with E-state index in [1.54, 1.807) is 24.3 Å². The second-order valence-corrected chi connectivity index (χ2v) is 8.01. The molecule has 1 N–H and O–H groups in total. The Bertz CT molecular complexity index is 1140. The number of imide groups is 1. The minimum atomic E-state index is -0.593. The molecule has 0 atom stereocenters. The van der Waals surface area contributed by atoms with E-state index in [-0.39, 0.29) is 4.91 Å². The van der Waals surface area contributed by atoms with Crippen LogP contribution in [-0.2, 0) is 9.59 Å². The summed E-state index contributed by atoms with van der Waals surface area (Å²) in [6.45, 7) is -0.450. The van der Waals surface area contributed by atoms with E-state index in [1.807, 2.05) is 0 Å². The average Bonchev–Trinajstić information content (AvgIpc) is 3.06. The number of ether oxygens (including phenoxy) is 4. The molecule has 0 saturated carbocycles. The van der Waals surface area contributed by atoms with Gasteiger partial charge in [-0.15, -0.1) is 0 Å². The Morgan fingerprint density at radius 2 is 1.61 bits per heavy atom. The van der Waals surface area contributed by atoms with Crippen LogP contribution in [-0.4, -0.2) is 56.9 Å². The van der Waals surface area contributed by atoms with Gasteiger partial charge in [0, 0.05) is 17.3 Å². The van der Waals surface area contributed by atoms with Crippen molar-refractivity contribution in [1.29, 1.82) is 0 Å². The molecule has 1 fully saturated rings. The highest BCUT2D eigenvalue weighted by atomic mass is 35.5. The SMILES string of the molecule is COc1ccc(NC(=O)CN2C(=O)SC(=Cc3cc(OC)c(OC)cc3OC)C2=O)cc1Cl. The van der Waals surface area contributed by atoms with Crippen LogP contribution in [0.4, 0.5) is 10.5 Å². The third-order valence-electron chi connectivity index (χ3n) is 4.63. The van der Waals surface area contributed by atoms with E-state index < -0.39 is 23.6 Å². The molecule has 0 aromatic heterocycles. The van der Waals surface area contributed by atoms with E-state index in [1.165, 1.54) is 40.6 Å². The normalized spacial score (nSPS) is 14.5. The summed E-state index contributed by atoms with van der Waals surface area (Å²) in [6, 6.07) is 7.94. The van der Waals surface area contributed by atoms with Gasteiger partial charge < -0.3 is 24.3 Å². The Labute approximate surface area is 199 Å². The summed E-state index contributed by atoms with van der Waals surface area (Å²) >= 11 is 6.79. The summed E-state index contributed by atoms with van der Waals surface area (Å²) < 4.78 is 21.0. The minimum absolute atomic E-state index is 0.144. The van der Waals surface area contributed by atoms with Crippen molar-refractivity contribution in [1.82, 2.24) is 4.90 Å². The summed E-state index contributed by atoms with van der Waals surface area (Å²) in [4.78, 5) is 38.7. The topological polar surface area (TPSA) is 103 Å². The van der Waals surface area contributed by atoms with Crippen LogP contribution in [0.1, 0.15) is 5.56 Å². The number of hydrogen-bond acceptors (Lipinski definition) is 8. The van der Waals surface area contributed by atoms with Crippen LogP contribution in [0.2, 0.25) is 5.02 Å². The Morgan fingerprint density at radius 1 is 0.970 bits per heavy atom. The van der Waals surface area contributed by atoms with Crippen molar-refractivity contribution >= 4 is 52.2 Å². The highest BCUT2D eigenvalue weighted by Gasteiger charge is 2.36. The van der Waals surface area contributed by atoms with Crippen LogP contribution < -0.4 is 24.3 Å². The number of rotatable bonds is 8. The van der Waals surface area contributed by atoms with Crippen molar-refractivity contribution in [3.8, 4) is 23.0 Å². The number of methoxy groups -OCH3 is 4. The van der Waals surface area contributed by atoms with Crippen molar-refractivity contribution in [3.05, 3.63) is 45.8 Å². The molecule has 0 bridgehead atoms. The van der Waals surface area contributed by atoms with E-state index in [4.69, 9.17) is 30.5 Å². The number of carbonyl (C=O) groups is 3. The molecule has 1 heterocycles. The van der Waals surface area contributed by atoms with Crippen molar-refractivity contribution in [2.75, 3.05) is 40.3 Å². The Morgan fingerprint density at radius 3 is 2.21 bits per heavy atom. The molecule has 1 aliphatic heterocycles. The first-order valence-electron chi connectivity index (χ1n) is 9.50. The molecule has 1 aliphatic rings. The highest BCUT2D eigenvalue weighted by molar-refractivity contribution is 8.18. The lowest BCUT2D eigenvalue weighted by Crippen LogP contribution is -2.36. The summed E-state index contributed by atoms with van der Waals surface area (Å²) in [5, 5.41) is 2.36. The lowest BCUT2D eigenvalue weighted by atomic mass is 10.1. The van der Waals surface area contributed by atoms with Gasteiger partial charge in [0.25, 0.3) is 11.1 Å². The summed E-state index contributed by atoms with van der Waals surface area (Å²) in [5.74, 6) is 0.620.